The maximum atomic E-state index is 6.64. The Hall–Kier alpha value is -6.06. The van der Waals surface area contributed by atoms with Crippen LogP contribution in [-0.4, -0.2) is 0 Å². The van der Waals surface area contributed by atoms with E-state index in [1.54, 1.807) is 0 Å². The molecular formula is C42H27NO2. The minimum absolute atomic E-state index is 0.789. The van der Waals surface area contributed by atoms with Gasteiger partial charge in [0.15, 0.2) is 11.2 Å². The number of furan rings is 2. The molecule has 2 aromatic heterocycles. The van der Waals surface area contributed by atoms with Gasteiger partial charge in [-0.05, 0) is 71.3 Å². The van der Waals surface area contributed by atoms with Gasteiger partial charge in [0.1, 0.15) is 11.2 Å². The summed E-state index contributed by atoms with van der Waals surface area (Å²) in [4.78, 5) is 2.29. The Labute approximate surface area is 260 Å². The van der Waals surface area contributed by atoms with Gasteiger partial charge in [-0.3, -0.25) is 0 Å². The Balaban J connectivity index is 1.13. The van der Waals surface area contributed by atoms with Crippen LogP contribution in [0.25, 0.3) is 66.1 Å². The highest BCUT2D eigenvalue weighted by Crippen LogP contribution is 2.42. The molecule has 3 heteroatoms. The molecule has 3 nitrogen and oxygen atoms in total. The van der Waals surface area contributed by atoms with Gasteiger partial charge < -0.3 is 13.7 Å². The zero-order valence-corrected chi connectivity index (χ0v) is 24.4. The van der Waals surface area contributed by atoms with Crippen LogP contribution < -0.4 is 4.90 Å². The first kappa shape index (κ1) is 25.4. The van der Waals surface area contributed by atoms with E-state index in [9.17, 15) is 0 Å². The number of hydrogen-bond donors (Lipinski definition) is 0. The van der Waals surface area contributed by atoms with Crippen molar-refractivity contribution in [3.63, 3.8) is 0 Å². The van der Waals surface area contributed by atoms with Crippen molar-refractivity contribution in [1.82, 2.24) is 0 Å². The van der Waals surface area contributed by atoms with Crippen molar-refractivity contribution in [2.45, 2.75) is 0 Å². The third-order valence-corrected chi connectivity index (χ3v) is 8.69. The molecule has 9 aromatic rings. The lowest BCUT2D eigenvalue weighted by molar-refractivity contribution is 0.634. The Morgan fingerprint density at radius 1 is 0.311 bits per heavy atom. The second-order valence-corrected chi connectivity index (χ2v) is 11.3. The molecule has 0 saturated carbocycles. The summed E-state index contributed by atoms with van der Waals surface area (Å²) in [5.74, 6) is 0. The van der Waals surface area contributed by atoms with E-state index in [1.165, 1.54) is 11.1 Å². The molecule has 0 fully saturated rings. The third-order valence-electron chi connectivity index (χ3n) is 8.69. The van der Waals surface area contributed by atoms with Crippen molar-refractivity contribution < 1.29 is 8.83 Å². The zero-order valence-electron chi connectivity index (χ0n) is 24.4. The van der Waals surface area contributed by atoms with Crippen LogP contribution in [0.2, 0.25) is 0 Å². The van der Waals surface area contributed by atoms with E-state index in [0.717, 1.165) is 72.1 Å². The topological polar surface area (TPSA) is 29.5 Å². The Kier molecular flexibility index (Phi) is 5.82. The van der Waals surface area contributed by atoms with Crippen molar-refractivity contribution in [3.8, 4) is 22.3 Å². The summed E-state index contributed by atoms with van der Waals surface area (Å²) in [6.07, 6.45) is 0. The van der Waals surface area contributed by atoms with E-state index < -0.39 is 0 Å². The molecule has 212 valence electrons. The van der Waals surface area contributed by atoms with E-state index in [4.69, 9.17) is 8.83 Å². The lowest BCUT2D eigenvalue weighted by Gasteiger charge is -2.26. The molecule has 0 unspecified atom stereocenters. The number of benzene rings is 7. The zero-order chi connectivity index (χ0) is 29.7. The molecule has 0 radical (unpaired) electrons. The predicted octanol–water partition coefficient (Wildman–Crippen LogP) is 12.3. The molecule has 7 aromatic carbocycles. The van der Waals surface area contributed by atoms with Crippen molar-refractivity contribution in [2.75, 3.05) is 4.90 Å². The highest BCUT2D eigenvalue weighted by molar-refractivity contribution is 6.20. The van der Waals surface area contributed by atoms with E-state index in [-0.39, 0.29) is 0 Å². The van der Waals surface area contributed by atoms with Gasteiger partial charge in [0.2, 0.25) is 0 Å². The van der Waals surface area contributed by atoms with E-state index >= 15 is 0 Å². The van der Waals surface area contributed by atoms with Crippen LogP contribution in [0, 0.1) is 0 Å². The van der Waals surface area contributed by atoms with Crippen molar-refractivity contribution >= 4 is 60.9 Å². The summed E-state index contributed by atoms with van der Waals surface area (Å²) in [5.41, 5.74) is 11.2. The number of nitrogens with zero attached hydrogens (tertiary/aromatic N) is 1. The third kappa shape index (κ3) is 4.21. The molecule has 0 bridgehead atoms. The van der Waals surface area contributed by atoms with Gasteiger partial charge in [0, 0.05) is 44.2 Å². The second-order valence-electron chi connectivity index (χ2n) is 11.3. The Bertz CT molecular complexity index is 2450. The molecule has 9 rings (SSSR count). The summed E-state index contributed by atoms with van der Waals surface area (Å²) in [5, 5.41) is 4.31. The maximum Gasteiger partial charge on any atom is 0.178 e. The van der Waals surface area contributed by atoms with Crippen LogP contribution in [0.4, 0.5) is 17.1 Å². The smallest absolute Gasteiger partial charge is 0.178 e. The van der Waals surface area contributed by atoms with E-state index in [2.05, 4.69) is 144 Å². The van der Waals surface area contributed by atoms with E-state index in [1.807, 2.05) is 24.3 Å². The van der Waals surface area contributed by atoms with Gasteiger partial charge in [-0.15, -0.1) is 0 Å². The Morgan fingerprint density at radius 3 is 1.56 bits per heavy atom. The van der Waals surface area contributed by atoms with Crippen LogP contribution in [0.1, 0.15) is 0 Å². The Morgan fingerprint density at radius 2 is 0.822 bits per heavy atom. The normalized spacial score (nSPS) is 11.6. The number of rotatable bonds is 5. The highest BCUT2D eigenvalue weighted by atomic mass is 16.4. The molecule has 0 aliphatic rings. The van der Waals surface area contributed by atoms with Crippen molar-refractivity contribution in [2.24, 2.45) is 0 Å². The molecule has 0 N–H and O–H groups in total. The van der Waals surface area contributed by atoms with Gasteiger partial charge in [-0.2, -0.15) is 0 Å². The largest absolute Gasteiger partial charge is 0.452 e. The number of anilines is 3. The number of fused-ring (bicyclic) bond motifs is 7. The molecule has 0 aliphatic heterocycles. The van der Waals surface area contributed by atoms with Gasteiger partial charge in [0.05, 0.1) is 0 Å². The van der Waals surface area contributed by atoms with Crippen LogP contribution >= 0.6 is 0 Å². The lowest BCUT2D eigenvalue weighted by atomic mass is 10.0. The second kappa shape index (κ2) is 10.3. The summed E-state index contributed by atoms with van der Waals surface area (Å²) in [6, 6.07) is 57.3. The summed E-state index contributed by atoms with van der Waals surface area (Å²) >= 11 is 0. The van der Waals surface area contributed by atoms with Gasteiger partial charge in [-0.1, -0.05) is 109 Å². The predicted molar refractivity (Wildman–Crippen MR) is 187 cm³/mol. The molecule has 2 heterocycles. The molecule has 0 atom stereocenters. The molecule has 0 saturated heterocycles. The van der Waals surface area contributed by atoms with E-state index in [0.29, 0.717) is 0 Å². The standard InChI is InChI=1S/C42H27NO2/c1-3-10-28(11-4-1)29-18-22-32(23-19-29)43(31-12-5-2-6-13-31)33-24-20-30(21-25-33)34-15-9-16-36-38-27-26-37-35-14-7-8-17-39(35)44-41(37)42(38)45-40(34)36/h1-27H. The minimum Gasteiger partial charge on any atom is -0.452 e. The van der Waals surface area contributed by atoms with Crippen molar-refractivity contribution in [1.29, 1.82) is 0 Å². The van der Waals surface area contributed by atoms with Gasteiger partial charge in [0.25, 0.3) is 0 Å². The highest BCUT2D eigenvalue weighted by Gasteiger charge is 2.18. The average Bonchev–Trinajstić information content (AvgIpc) is 3.69. The molecule has 45 heavy (non-hydrogen) atoms. The van der Waals surface area contributed by atoms with Gasteiger partial charge in [-0.25, -0.2) is 0 Å². The van der Waals surface area contributed by atoms with Crippen LogP contribution in [0.5, 0.6) is 0 Å². The summed E-state index contributed by atoms with van der Waals surface area (Å²) < 4.78 is 12.9. The average molecular weight is 578 g/mol. The molecule has 0 aliphatic carbocycles. The monoisotopic (exact) mass is 577 g/mol. The molecule has 0 spiro atoms. The first-order valence-corrected chi connectivity index (χ1v) is 15.2. The maximum absolute atomic E-state index is 6.64. The number of hydrogen-bond acceptors (Lipinski definition) is 3. The summed E-state index contributed by atoms with van der Waals surface area (Å²) in [7, 11) is 0. The minimum atomic E-state index is 0.789. The van der Waals surface area contributed by atoms with Gasteiger partial charge >= 0.3 is 0 Å². The van der Waals surface area contributed by atoms with Crippen LogP contribution in [0.3, 0.4) is 0 Å². The fourth-order valence-electron chi connectivity index (χ4n) is 6.51. The first-order chi connectivity index (χ1) is 22.3. The number of para-hydroxylation sites is 3. The quantitative estimate of drug-likeness (QED) is 0.204. The van der Waals surface area contributed by atoms with Crippen molar-refractivity contribution in [3.05, 3.63) is 164 Å². The first-order valence-electron chi connectivity index (χ1n) is 15.2. The lowest BCUT2D eigenvalue weighted by Crippen LogP contribution is -2.09. The fourth-order valence-corrected chi connectivity index (χ4v) is 6.51. The molecular weight excluding hydrogens is 550 g/mol. The fraction of sp³-hybridized carbons (Fsp3) is 0. The SMILES string of the molecule is c1ccc(-c2ccc(N(c3ccccc3)c3ccc(-c4cccc5c4oc4c5ccc5c6ccccc6oc54)cc3)cc2)cc1. The molecule has 0 amide bonds. The van der Waals surface area contributed by atoms with Crippen LogP contribution in [-0.2, 0) is 0 Å². The summed E-state index contributed by atoms with van der Waals surface area (Å²) in [6.45, 7) is 0. The van der Waals surface area contributed by atoms with Crippen LogP contribution in [0.15, 0.2) is 173 Å².